The Morgan fingerprint density at radius 2 is 1.93 bits per heavy atom. The minimum Gasteiger partial charge on any atom is -0.365 e. The molecule has 2 aromatic rings. The van der Waals surface area contributed by atoms with E-state index in [0.29, 0.717) is 19.2 Å². The molecule has 0 radical (unpaired) electrons. The molecule has 1 N–H and O–H groups in total. The van der Waals surface area contributed by atoms with Gasteiger partial charge in [0.25, 0.3) is 5.91 Å². The summed E-state index contributed by atoms with van der Waals surface area (Å²) in [7, 11) is 1.93. The fourth-order valence-electron chi connectivity index (χ4n) is 4.92. The molecule has 2 atom stereocenters. The van der Waals surface area contributed by atoms with Crippen LogP contribution in [0.3, 0.4) is 0 Å². The Morgan fingerprint density at radius 3 is 2.59 bits per heavy atom. The van der Waals surface area contributed by atoms with Gasteiger partial charge < -0.3 is 10.1 Å². The second-order valence-electron chi connectivity index (χ2n) is 8.31. The molecule has 2 aliphatic rings. The maximum absolute atomic E-state index is 13.3. The molecule has 2 heterocycles. The van der Waals surface area contributed by atoms with E-state index in [4.69, 9.17) is 4.74 Å². The van der Waals surface area contributed by atoms with Gasteiger partial charge >= 0.3 is 0 Å². The molecule has 156 valence electrons. The Labute approximate surface area is 173 Å². The lowest BCUT2D eigenvalue weighted by Crippen LogP contribution is -2.54. The number of aromatic nitrogens is 2. The minimum absolute atomic E-state index is 0.0378. The number of morpholine rings is 1. The number of nitrogens with zero attached hydrogens (tertiary/aromatic N) is 3. The first kappa shape index (κ1) is 20.1. The van der Waals surface area contributed by atoms with Gasteiger partial charge in [-0.05, 0) is 32.3 Å². The third-order valence-corrected chi connectivity index (χ3v) is 6.58. The second kappa shape index (κ2) is 8.67. The summed E-state index contributed by atoms with van der Waals surface area (Å²) < 4.78 is 7.94. The predicted octanol–water partition coefficient (Wildman–Crippen LogP) is 3.04. The Balaban J connectivity index is 1.55. The largest absolute Gasteiger partial charge is 0.365 e. The van der Waals surface area contributed by atoms with E-state index in [-0.39, 0.29) is 11.9 Å². The number of hydrogen-bond donors (Lipinski definition) is 1. The van der Waals surface area contributed by atoms with E-state index in [9.17, 15) is 4.79 Å². The summed E-state index contributed by atoms with van der Waals surface area (Å²) in [5.41, 5.74) is 4.29. The molecule has 1 aliphatic carbocycles. The van der Waals surface area contributed by atoms with E-state index in [1.54, 1.807) is 0 Å². The molecule has 2 fully saturated rings. The van der Waals surface area contributed by atoms with Gasteiger partial charge in [0.1, 0.15) is 0 Å². The molecule has 1 amide bonds. The van der Waals surface area contributed by atoms with Crippen molar-refractivity contribution in [2.75, 3.05) is 13.2 Å². The molecule has 1 saturated carbocycles. The number of aryl methyl sites for hydroxylation is 2. The van der Waals surface area contributed by atoms with Gasteiger partial charge in [-0.3, -0.25) is 14.4 Å². The number of carbonyl (C=O) groups excluding carboxylic acids is 1. The normalized spacial score (nSPS) is 23.4. The zero-order valence-electron chi connectivity index (χ0n) is 17.7. The Hall–Kier alpha value is -2.18. The standard InChI is InChI=1S/C23H32N4O2/c1-16-20(17(2)26(3)25-16)15-24-23(28)22-21(18-9-5-4-6-10-18)27(13-14-29-22)19-11-7-8-12-19/h4-6,9-10,19,21-22H,7-8,11-15H2,1-3H3,(H,24,28)/t21-,22+/m0/s1. The molecule has 0 spiro atoms. The number of hydrogen-bond acceptors (Lipinski definition) is 4. The first-order valence-electron chi connectivity index (χ1n) is 10.8. The lowest BCUT2D eigenvalue weighted by molar-refractivity contribution is -0.148. The van der Waals surface area contributed by atoms with Crippen LogP contribution in [0.2, 0.25) is 0 Å². The molecular formula is C23H32N4O2. The highest BCUT2D eigenvalue weighted by Gasteiger charge is 2.41. The van der Waals surface area contributed by atoms with Gasteiger partial charge in [0, 0.05) is 37.4 Å². The van der Waals surface area contributed by atoms with Crippen LogP contribution in [0.4, 0.5) is 0 Å². The molecule has 1 aliphatic heterocycles. The fraction of sp³-hybridized carbons (Fsp3) is 0.565. The number of ether oxygens (including phenoxy) is 1. The van der Waals surface area contributed by atoms with Crippen molar-refractivity contribution in [1.82, 2.24) is 20.0 Å². The maximum atomic E-state index is 13.3. The zero-order chi connectivity index (χ0) is 20.4. The minimum atomic E-state index is -0.496. The van der Waals surface area contributed by atoms with Crippen molar-refractivity contribution < 1.29 is 9.53 Å². The van der Waals surface area contributed by atoms with Gasteiger partial charge in [-0.15, -0.1) is 0 Å². The highest BCUT2D eigenvalue weighted by Crippen LogP contribution is 2.36. The van der Waals surface area contributed by atoms with E-state index < -0.39 is 6.10 Å². The van der Waals surface area contributed by atoms with Gasteiger partial charge in [-0.2, -0.15) is 5.10 Å². The van der Waals surface area contributed by atoms with E-state index in [0.717, 1.165) is 29.1 Å². The summed E-state index contributed by atoms with van der Waals surface area (Å²) in [6.07, 6.45) is 4.49. The quantitative estimate of drug-likeness (QED) is 0.844. The van der Waals surface area contributed by atoms with E-state index >= 15 is 0 Å². The molecule has 1 aromatic heterocycles. The van der Waals surface area contributed by atoms with Crippen molar-refractivity contribution in [3.8, 4) is 0 Å². The highest BCUT2D eigenvalue weighted by atomic mass is 16.5. The van der Waals surface area contributed by atoms with Crippen molar-refractivity contribution >= 4 is 5.91 Å². The average Bonchev–Trinajstić information content (AvgIpc) is 3.35. The molecule has 0 unspecified atom stereocenters. The van der Waals surface area contributed by atoms with Crippen molar-refractivity contribution in [3.05, 3.63) is 52.8 Å². The molecule has 29 heavy (non-hydrogen) atoms. The Kier molecular flexibility index (Phi) is 6.01. The van der Waals surface area contributed by atoms with Gasteiger partial charge in [0.15, 0.2) is 6.10 Å². The van der Waals surface area contributed by atoms with Crippen LogP contribution in [0, 0.1) is 13.8 Å². The number of amides is 1. The van der Waals surface area contributed by atoms with E-state index in [1.165, 1.54) is 25.7 Å². The molecule has 0 bridgehead atoms. The fourth-order valence-corrected chi connectivity index (χ4v) is 4.92. The van der Waals surface area contributed by atoms with Crippen LogP contribution in [-0.2, 0) is 23.1 Å². The van der Waals surface area contributed by atoms with Crippen molar-refractivity contribution in [2.45, 2.75) is 64.3 Å². The van der Waals surface area contributed by atoms with Crippen LogP contribution in [0.25, 0.3) is 0 Å². The Bertz CT molecular complexity index is 842. The number of rotatable bonds is 5. The van der Waals surface area contributed by atoms with E-state index in [1.807, 2.05) is 43.8 Å². The second-order valence-corrected chi connectivity index (χ2v) is 8.31. The first-order valence-corrected chi connectivity index (χ1v) is 10.8. The summed E-state index contributed by atoms with van der Waals surface area (Å²) in [6, 6.07) is 10.9. The number of carbonyl (C=O) groups is 1. The molecule has 1 saturated heterocycles. The summed E-state index contributed by atoms with van der Waals surface area (Å²) in [4.78, 5) is 15.8. The third-order valence-electron chi connectivity index (χ3n) is 6.58. The van der Waals surface area contributed by atoms with Crippen LogP contribution >= 0.6 is 0 Å². The molecule has 1 aromatic carbocycles. The van der Waals surface area contributed by atoms with Gasteiger partial charge in [0.05, 0.1) is 18.3 Å². The Morgan fingerprint density at radius 1 is 1.21 bits per heavy atom. The zero-order valence-corrected chi connectivity index (χ0v) is 17.7. The number of benzene rings is 1. The molecule has 6 nitrogen and oxygen atoms in total. The monoisotopic (exact) mass is 396 g/mol. The first-order chi connectivity index (χ1) is 14.1. The molecule has 6 heteroatoms. The summed E-state index contributed by atoms with van der Waals surface area (Å²) in [5.74, 6) is -0.0378. The van der Waals surface area contributed by atoms with Crippen LogP contribution in [0.5, 0.6) is 0 Å². The van der Waals surface area contributed by atoms with Gasteiger partial charge in [-0.1, -0.05) is 43.2 Å². The van der Waals surface area contributed by atoms with Crippen molar-refractivity contribution in [3.63, 3.8) is 0 Å². The SMILES string of the molecule is Cc1nn(C)c(C)c1CNC(=O)[C@@H]1OCCN(C2CCCC2)[C@H]1c1ccccc1. The van der Waals surface area contributed by atoms with Gasteiger partial charge in [-0.25, -0.2) is 0 Å². The smallest absolute Gasteiger partial charge is 0.251 e. The lowest BCUT2D eigenvalue weighted by Gasteiger charge is -2.44. The maximum Gasteiger partial charge on any atom is 0.251 e. The topological polar surface area (TPSA) is 59.4 Å². The van der Waals surface area contributed by atoms with Crippen LogP contribution < -0.4 is 5.32 Å². The number of nitrogens with one attached hydrogen (secondary N) is 1. The van der Waals surface area contributed by atoms with Crippen molar-refractivity contribution in [1.29, 1.82) is 0 Å². The lowest BCUT2D eigenvalue weighted by atomic mass is 9.95. The molecular weight excluding hydrogens is 364 g/mol. The van der Waals surface area contributed by atoms with Crippen LogP contribution in [0.15, 0.2) is 30.3 Å². The average molecular weight is 397 g/mol. The predicted molar refractivity (Wildman–Crippen MR) is 112 cm³/mol. The summed E-state index contributed by atoms with van der Waals surface area (Å²) in [6.45, 7) is 5.99. The van der Waals surface area contributed by atoms with Crippen LogP contribution in [-0.4, -0.2) is 45.9 Å². The molecule has 4 rings (SSSR count). The van der Waals surface area contributed by atoms with E-state index in [2.05, 4.69) is 27.4 Å². The highest BCUT2D eigenvalue weighted by molar-refractivity contribution is 5.82. The summed E-state index contributed by atoms with van der Waals surface area (Å²) >= 11 is 0. The summed E-state index contributed by atoms with van der Waals surface area (Å²) in [5, 5.41) is 7.58. The van der Waals surface area contributed by atoms with Crippen LogP contribution in [0.1, 0.15) is 54.2 Å². The van der Waals surface area contributed by atoms with Gasteiger partial charge in [0.2, 0.25) is 0 Å². The van der Waals surface area contributed by atoms with Crippen molar-refractivity contribution in [2.24, 2.45) is 7.05 Å². The third kappa shape index (κ3) is 4.09.